The van der Waals surface area contributed by atoms with E-state index in [0.717, 1.165) is 11.8 Å². The van der Waals surface area contributed by atoms with Crippen molar-refractivity contribution in [3.8, 4) is 0 Å². The van der Waals surface area contributed by atoms with Gasteiger partial charge >= 0.3 is 0 Å². The minimum absolute atomic E-state index is 0.194. The number of ketones is 1. The summed E-state index contributed by atoms with van der Waals surface area (Å²) < 4.78 is 0. The molecule has 56 valence electrons. The third-order valence-electron chi connectivity index (χ3n) is 3.31. The fraction of sp³-hybridized carbons (Fsp3) is 0.889. The van der Waals surface area contributed by atoms with Crippen molar-refractivity contribution in [2.75, 3.05) is 0 Å². The normalized spacial score (nSPS) is 41.0. The summed E-state index contributed by atoms with van der Waals surface area (Å²) in [6, 6.07) is 0. The zero-order chi connectivity index (χ0) is 7.35. The van der Waals surface area contributed by atoms with Crippen LogP contribution in [0, 0.1) is 17.3 Å². The van der Waals surface area contributed by atoms with Crippen LogP contribution in [0.4, 0.5) is 0 Å². The predicted molar refractivity (Wildman–Crippen MR) is 39.6 cm³/mol. The zero-order valence-corrected chi connectivity index (χ0v) is 6.68. The van der Waals surface area contributed by atoms with Crippen LogP contribution in [0.5, 0.6) is 0 Å². The molecule has 1 heteroatoms. The second kappa shape index (κ2) is 1.63. The molecule has 0 aromatic rings. The minimum atomic E-state index is 0.194. The van der Waals surface area contributed by atoms with Gasteiger partial charge in [0.15, 0.2) is 0 Å². The number of hydrogen-bond acceptors (Lipinski definition) is 1. The Balaban J connectivity index is 2.09. The molecule has 0 N–H and O–H groups in total. The summed E-state index contributed by atoms with van der Waals surface area (Å²) in [5.74, 6) is 2.05. The Bertz CT molecular complexity index is 179. The monoisotopic (exact) mass is 138 g/mol. The second-order valence-electron chi connectivity index (χ2n) is 4.03. The van der Waals surface area contributed by atoms with Crippen LogP contribution in [0.2, 0.25) is 0 Å². The first-order valence-electron chi connectivity index (χ1n) is 4.18. The van der Waals surface area contributed by atoms with Gasteiger partial charge < -0.3 is 0 Å². The van der Waals surface area contributed by atoms with Crippen LogP contribution >= 0.6 is 0 Å². The lowest BCUT2D eigenvalue weighted by atomic mass is 9.95. The lowest BCUT2D eigenvalue weighted by molar-refractivity contribution is -0.122. The molecule has 0 radical (unpaired) electrons. The Labute approximate surface area is 61.8 Å². The summed E-state index contributed by atoms with van der Waals surface area (Å²) in [5, 5.41) is 0. The molecule has 2 atom stereocenters. The van der Waals surface area contributed by atoms with Crippen LogP contribution in [-0.4, -0.2) is 5.78 Å². The molecule has 2 aliphatic carbocycles. The van der Waals surface area contributed by atoms with Gasteiger partial charge in [0, 0.05) is 5.41 Å². The minimum Gasteiger partial charge on any atom is -0.299 e. The summed E-state index contributed by atoms with van der Waals surface area (Å²) in [4.78, 5) is 11.2. The summed E-state index contributed by atoms with van der Waals surface area (Å²) in [6.07, 6.45) is 3.66. The molecule has 2 unspecified atom stereocenters. The van der Waals surface area contributed by atoms with Gasteiger partial charge in [0.25, 0.3) is 0 Å². The van der Waals surface area contributed by atoms with E-state index in [9.17, 15) is 4.79 Å². The molecule has 0 spiro atoms. The van der Waals surface area contributed by atoms with E-state index in [1.807, 2.05) is 0 Å². The summed E-state index contributed by atoms with van der Waals surface area (Å²) >= 11 is 0. The maximum absolute atomic E-state index is 11.2. The Morgan fingerprint density at radius 2 is 2.00 bits per heavy atom. The summed E-state index contributed by atoms with van der Waals surface area (Å²) in [7, 11) is 0. The number of carbonyl (C=O) groups is 1. The van der Waals surface area contributed by atoms with Gasteiger partial charge in [-0.1, -0.05) is 6.92 Å². The van der Waals surface area contributed by atoms with E-state index in [1.165, 1.54) is 19.3 Å². The highest BCUT2D eigenvalue weighted by atomic mass is 16.1. The van der Waals surface area contributed by atoms with Crippen LogP contribution in [0.3, 0.4) is 0 Å². The molecule has 0 bridgehead atoms. The first kappa shape index (κ1) is 6.38. The van der Waals surface area contributed by atoms with Gasteiger partial charge in [0.2, 0.25) is 0 Å². The van der Waals surface area contributed by atoms with Crippen molar-refractivity contribution in [1.82, 2.24) is 0 Å². The van der Waals surface area contributed by atoms with Gasteiger partial charge in [-0.2, -0.15) is 0 Å². The Morgan fingerprint density at radius 1 is 1.50 bits per heavy atom. The third kappa shape index (κ3) is 0.664. The maximum Gasteiger partial charge on any atom is 0.136 e. The fourth-order valence-electron chi connectivity index (χ4n) is 2.21. The van der Waals surface area contributed by atoms with E-state index < -0.39 is 0 Å². The van der Waals surface area contributed by atoms with Crippen LogP contribution in [0.15, 0.2) is 0 Å². The number of rotatable bonds is 2. The SMILES string of the molecule is CC(=O)C1(C2CC2C)CC1. The smallest absolute Gasteiger partial charge is 0.136 e. The van der Waals surface area contributed by atoms with Gasteiger partial charge in [-0.25, -0.2) is 0 Å². The molecular weight excluding hydrogens is 124 g/mol. The van der Waals surface area contributed by atoms with Crippen molar-refractivity contribution >= 4 is 5.78 Å². The van der Waals surface area contributed by atoms with E-state index in [4.69, 9.17) is 0 Å². The van der Waals surface area contributed by atoms with E-state index >= 15 is 0 Å². The molecule has 2 fully saturated rings. The number of carbonyl (C=O) groups excluding carboxylic acids is 1. The van der Waals surface area contributed by atoms with Gasteiger partial charge in [-0.05, 0) is 38.0 Å². The first-order chi connectivity index (χ1) is 4.67. The zero-order valence-electron chi connectivity index (χ0n) is 6.68. The lowest BCUT2D eigenvalue weighted by Crippen LogP contribution is -2.14. The highest BCUT2D eigenvalue weighted by Gasteiger charge is 2.60. The van der Waals surface area contributed by atoms with Crippen molar-refractivity contribution in [1.29, 1.82) is 0 Å². The van der Waals surface area contributed by atoms with Crippen molar-refractivity contribution in [3.05, 3.63) is 0 Å². The fourth-order valence-corrected chi connectivity index (χ4v) is 2.21. The van der Waals surface area contributed by atoms with E-state index in [1.54, 1.807) is 6.92 Å². The summed E-state index contributed by atoms with van der Waals surface area (Å²) in [5.41, 5.74) is 0.194. The van der Waals surface area contributed by atoms with Crippen LogP contribution in [-0.2, 0) is 4.79 Å². The topological polar surface area (TPSA) is 17.1 Å². The molecule has 10 heavy (non-hydrogen) atoms. The van der Waals surface area contributed by atoms with Crippen LogP contribution in [0.1, 0.15) is 33.1 Å². The molecule has 0 saturated heterocycles. The number of hydrogen-bond donors (Lipinski definition) is 0. The molecule has 0 heterocycles. The quantitative estimate of drug-likeness (QED) is 0.570. The highest BCUT2D eigenvalue weighted by molar-refractivity contribution is 5.85. The Morgan fingerprint density at radius 3 is 2.10 bits per heavy atom. The molecule has 0 amide bonds. The van der Waals surface area contributed by atoms with Crippen LogP contribution in [0.25, 0.3) is 0 Å². The molecule has 0 aliphatic heterocycles. The molecule has 2 saturated carbocycles. The third-order valence-corrected chi connectivity index (χ3v) is 3.31. The molecule has 2 aliphatic rings. The van der Waals surface area contributed by atoms with Crippen LogP contribution < -0.4 is 0 Å². The van der Waals surface area contributed by atoms with Crippen molar-refractivity contribution < 1.29 is 4.79 Å². The lowest BCUT2D eigenvalue weighted by Gasteiger charge is -2.08. The maximum atomic E-state index is 11.2. The largest absolute Gasteiger partial charge is 0.299 e. The Kier molecular flexibility index (Phi) is 1.04. The highest BCUT2D eigenvalue weighted by Crippen LogP contribution is 2.64. The molecule has 0 aromatic carbocycles. The number of Topliss-reactive ketones (excluding diaryl/α,β-unsaturated/α-hetero) is 1. The first-order valence-corrected chi connectivity index (χ1v) is 4.18. The van der Waals surface area contributed by atoms with Crippen molar-refractivity contribution in [3.63, 3.8) is 0 Å². The van der Waals surface area contributed by atoms with Gasteiger partial charge in [-0.3, -0.25) is 4.79 Å². The van der Waals surface area contributed by atoms with Gasteiger partial charge in [0.05, 0.1) is 0 Å². The average molecular weight is 138 g/mol. The Hall–Kier alpha value is -0.330. The van der Waals surface area contributed by atoms with Crippen molar-refractivity contribution in [2.45, 2.75) is 33.1 Å². The van der Waals surface area contributed by atoms with E-state index in [-0.39, 0.29) is 5.41 Å². The standard InChI is InChI=1S/C9H14O/c1-6-5-8(6)9(3-4-9)7(2)10/h6,8H,3-5H2,1-2H3. The molecule has 2 rings (SSSR count). The van der Waals surface area contributed by atoms with E-state index in [0.29, 0.717) is 5.78 Å². The summed E-state index contributed by atoms with van der Waals surface area (Å²) in [6.45, 7) is 4.02. The second-order valence-corrected chi connectivity index (χ2v) is 4.03. The van der Waals surface area contributed by atoms with Gasteiger partial charge in [0.1, 0.15) is 5.78 Å². The molecular formula is C9H14O. The van der Waals surface area contributed by atoms with Gasteiger partial charge in [-0.15, -0.1) is 0 Å². The van der Waals surface area contributed by atoms with Crippen molar-refractivity contribution in [2.24, 2.45) is 17.3 Å². The predicted octanol–water partition coefficient (Wildman–Crippen LogP) is 2.01. The average Bonchev–Trinajstić information content (AvgIpc) is 2.58. The molecule has 1 nitrogen and oxygen atoms in total. The van der Waals surface area contributed by atoms with E-state index in [2.05, 4.69) is 6.92 Å². The molecule has 0 aromatic heterocycles.